The number of guanidine groups is 1. The van der Waals surface area contributed by atoms with Crippen molar-refractivity contribution in [3.63, 3.8) is 0 Å². The molecule has 0 unspecified atom stereocenters. The van der Waals surface area contributed by atoms with Crippen molar-refractivity contribution in [1.29, 1.82) is 16.2 Å². The van der Waals surface area contributed by atoms with Gasteiger partial charge in [-0.15, -0.1) is 0 Å². The summed E-state index contributed by atoms with van der Waals surface area (Å²) in [5.41, 5.74) is 0.877. The number of nitrogens with one attached hydrogen (secondary N) is 7. The van der Waals surface area contributed by atoms with E-state index in [1.807, 2.05) is 24.3 Å². The molecule has 0 aromatic heterocycles. The maximum atomic E-state index is 7.88. The quantitative estimate of drug-likeness (QED) is 0.132. The summed E-state index contributed by atoms with van der Waals surface area (Å²) in [6.07, 6.45) is 7.86. The van der Waals surface area contributed by atoms with Crippen LogP contribution in [0.4, 0.5) is 5.69 Å². The highest BCUT2D eigenvalue weighted by Gasteiger charge is 1.98. The number of benzene rings is 1. The van der Waals surface area contributed by atoms with Crippen molar-refractivity contribution in [3.8, 4) is 5.75 Å². The second-order valence-electron chi connectivity index (χ2n) is 7.38. The van der Waals surface area contributed by atoms with Crippen LogP contribution < -0.4 is 26.0 Å². The SMILES string of the molecule is CC(=N)NCCCCCCCCNC(=N)NCCCOc1ccc(NC(C)=N)cc1. The predicted molar refractivity (Wildman–Crippen MR) is 126 cm³/mol. The summed E-state index contributed by atoms with van der Waals surface area (Å²) in [4.78, 5) is 0. The fraction of sp³-hybridized carbons (Fsp3) is 0.591. The summed E-state index contributed by atoms with van der Waals surface area (Å²) in [7, 11) is 0. The van der Waals surface area contributed by atoms with Crippen molar-refractivity contribution < 1.29 is 4.74 Å². The van der Waals surface area contributed by atoms with Gasteiger partial charge in [-0.25, -0.2) is 0 Å². The molecular formula is C22H39N7O. The first-order valence-corrected chi connectivity index (χ1v) is 10.9. The molecule has 0 atom stereocenters. The van der Waals surface area contributed by atoms with Gasteiger partial charge in [-0.05, 0) is 57.4 Å². The number of amidine groups is 2. The lowest BCUT2D eigenvalue weighted by atomic mass is 10.1. The van der Waals surface area contributed by atoms with Gasteiger partial charge in [0.25, 0.3) is 0 Å². The summed E-state index contributed by atoms with van der Waals surface area (Å²) < 4.78 is 5.69. The first kappa shape index (κ1) is 25.3. The molecule has 0 saturated carbocycles. The lowest BCUT2D eigenvalue weighted by Gasteiger charge is -2.11. The highest BCUT2D eigenvalue weighted by atomic mass is 16.5. The number of rotatable bonds is 15. The van der Waals surface area contributed by atoms with Crippen LogP contribution in [0.1, 0.15) is 58.8 Å². The summed E-state index contributed by atoms with van der Waals surface area (Å²) in [5.74, 6) is 2.13. The summed E-state index contributed by atoms with van der Waals surface area (Å²) in [5, 5.41) is 34.7. The largest absolute Gasteiger partial charge is 0.494 e. The molecule has 0 spiro atoms. The third kappa shape index (κ3) is 14.3. The first-order chi connectivity index (χ1) is 14.5. The highest BCUT2D eigenvalue weighted by molar-refractivity contribution is 5.90. The van der Waals surface area contributed by atoms with Gasteiger partial charge in [0.05, 0.1) is 18.3 Å². The second-order valence-corrected chi connectivity index (χ2v) is 7.38. The Morgan fingerprint density at radius 3 is 1.80 bits per heavy atom. The lowest BCUT2D eigenvalue weighted by molar-refractivity contribution is 0.311. The minimum absolute atomic E-state index is 0.375. The van der Waals surface area contributed by atoms with Gasteiger partial charge >= 0.3 is 0 Å². The van der Waals surface area contributed by atoms with Crippen molar-refractivity contribution in [2.45, 2.75) is 58.8 Å². The third-order valence-electron chi connectivity index (χ3n) is 4.37. The van der Waals surface area contributed by atoms with E-state index in [1.54, 1.807) is 13.8 Å². The molecule has 8 nitrogen and oxygen atoms in total. The van der Waals surface area contributed by atoms with E-state index in [9.17, 15) is 0 Å². The van der Waals surface area contributed by atoms with Crippen molar-refractivity contribution in [1.82, 2.24) is 16.0 Å². The van der Waals surface area contributed by atoms with E-state index in [-0.39, 0.29) is 0 Å². The van der Waals surface area contributed by atoms with Crippen LogP contribution in [0.15, 0.2) is 24.3 Å². The number of unbranched alkanes of at least 4 members (excludes halogenated alkanes) is 5. The van der Waals surface area contributed by atoms with Gasteiger partial charge in [0.1, 0.15) is 5.75 Å². The lowest BCUT2D eigenvalue weighted by Crippen LogP contribution is -2.37. The molecular weight excluding hydrogens is 378 g/mol. The van der Waals surface area contributed by atoms with Gasteiger partial charge in [-0.2, -0.15) is 0 Å². The van der Waals surface area contributed by atoms with Crippen LogP contribution in [0.3, 0.4) is 0 Å². The molecule has 7 N–H and O–H groups in total. The zero-order chi connectivity index (χ0) is 22.0. The van der Waals surface area contributed by atoms with E-state index < -0.39 is 0 Å². The highest BCUT2D eigenvalue weighted by Crippen LogP contribution is 2.15. The van der Waals surface area contributed by atoms with Crippen LogP contribution in [0.2, 0.25) is 0 Å². The van der Waals surface area contributed by atoms with E-state index in [0.29, 0.717) is 30.8 Å². The molecule has 0 aliphatic carbocycles. The topological polar surface area (TPSA) is 129 Å². The Balaban J connectivity index is 1.91. The van der Waals surface area contributed by atoms with Crippen LogP contribution in [-0.4, -0.2) is 43.9 Å². The van der Waals surface area contributed by atoms with Gasteiger partial charge in [-0.1, -0.05) is 25.7 Å². The maximum Gasteiger partial charge on any atom is 0.188 e. The Labute approximate surface area is 181 Å². The van der Waals surface area contributed by atoms with Crippen LogP contribution in [0.25, 0.3) is 0 Å². The van der Waals surface area contributed by atoms with Crippen LogP contribution in [0.5, 0.6) is 5.75 Å². The standard InChI is InChI=1S/C22H39N7O/c1-18(23)26-14-7-5-3-4-6-8-15-27-22(25)28-16-9-17-30-21-12-10-20(11-13-21)29-19(2)24/h10-13H,3-9,14-17H2,1-2H3,(H2,23,26)(H2,24,29)(H3,25,27,28). The number of hydrogen-bond acceptors (Lipinski definition) is 4. The molecule has 0 saturated heterocycles. The minimum atomic E-state index is 0.375. The van der Waals surface area contributed by atoms with Crippen molar-refractivity contribution >= 4 is 23.3 Å². The van der Waals surface area contributed by atoms with Crippen molar-refractivity contribution in [3.05, 3.63) is 24.3 Å². The number of hydrogen-bond donors (Lipinski definition) is 7. The molecule has 8 heteroatoms. The fourth-order valence-corrected chi connectivity index (χ4v) is 2.84. The molecule has 1 aromatic rings. The van der Waals surface area contributed by atoms with Gasteiger partial charge in [0, 0.05) is 25.3 Å². The Bertz CT molecular complexity index is 631. The van der Waals surface area contributed by atoms with E-state index in [4.69, 9.17) is 21.0 Å². The van der Waals surface area contributed by atoms with Crippen LogP contribution in [0, 0.1) is 16.2 Å². The van der Waals surface area contributed by atoms with Crippen LogP contribution in [-0.2, 0) is 0 Å². The zero-order valence-corrected chi connectivity index (χ0v) is 18.5. The summed E-state index contributed by atoms with van der Waals surface area (Å²) in [6.45, 7) is 6.49. The molecule has 30 heavy (non-hydrogen) atoms. The van der Waals surface area contributed by atoms with Crippen LogP contribution >= 0.6 is 0 Å². The molecule has 0 aliphatic rings. The molecule has 0 radical (unpaired) electrons. The predicted octanol–water partition coefficient (Wildman–Crippen LogP) is 3.91. The monoisotopic (exact) mass is 417 g/mol. The molecule has 0 aliphatic heterocycles. The van der Waals surface area contributed by atoms with Gasteiger partial charge in [0.15, 0.2) is 5.96 Å². The molecule has 1 rings (SSSR count). The molecule has 0 bridgehead atoms. The van der Waals surface area contributed by atoms with E-state index in [2.05, 4.69) is 21.3 Å². The van der Waals surface area contributed by atoms with E-state index in [1.165, 1.54) is 25.7 Å². The molecule has 168 valence electrons. The zero-order valence-electron chi connectivity index (χ0n) is 18.5. The van der Waals surface area contributed by atoms with Crippen molar-refractivity contribution in [2.75, 3.05) is 31.6 Å². The van der Waals surface area contributed by atoms with E-state index >= 15 is 0 Å². The second kappa shape index (κ2) is 16.1. The maximum absolute atomic E-state index is 7.88. The number of ether oxygens (including phenoxy) is 1. The Morgan fingerprint density at radius 1 is 0.700 bits per heavy atom. The average molecular weight is 418 g/mol. The van der Waals surface area contributed by atoms with Gasteiger partial charge < -0.3 is 26.0 Å². The first-order valence-electron chi connectivity index (χ1n) is 10.9. The molecule has 0 fully saturated rings. The minimum Gasteiger partial charge on any atom is -0.494 e. The Morgan fingerprint density at radius 2 is 1.23 bits per heavy atom. The Hall–Kier alpha value is -2.77. The molecule has 0 amide bonds. The Kier molecular flexibility index (Phi) is 13.5. The summed E-state index contributed by atoms with van der Waals surface area (Å²) in [6, 6.07) is 7.55. The number of anilines is 1. The third-order valence-corrected chi connectivity index (χ3v) is 4.37. The molecule has 1 aromatic carbocycles. The van der Waals surface area contributed by atoms with Gasteiger partial charge in [0.2, 0.25) is 0 Å². The van der Waals surface area contributed by atoms with Gasteiger partial charge in [-0.3, -0.25) is 16.2 Å². The summed E-state index contributed by atoms with van der Waals surface area (Å²) >= 11 is 0. The fourth-order valence-electron chi connectivity index (χ4n) is 2.84. The molecule has 0 heterocycles. The van der Waals surface area contributed by atoms with E-state index in [0.717, 1.165) is 43.8 Å². The average Bonchev–Trinajstić information content (AvgIpc) is 2.69. The smallest absolute Gasteiger partial charge is 0.188 e. The normalized spacial score (nSPS) is 10.2. The van der Waals surface area contributed by atoms with Crippen molar-refractivity contribution in [2.24, 2.45) is 0 Å².